The van der Waals surface area contributed by atoms with Gasteiger partial charge in [0.05, 0.1) is 5.69 Å². The van der Waals surface area contributed by atoms with E-state index in [4.69, 9.17) is 0 Å². The van der Waals surface area contributed by atoms with Gasteiger partial charge in [0.1, 0.15) is 0 Å². The van der Waals surface area contributed by atoms with Crippen molar-refractivity contribution >= 4 is 11.6 Å². The molecular formula is C24H28N4O. The number of rotatable bonds is 7. The molecule has 1 aliphatic rings. The molecule has 0 unspecified atom stereocenters. The summed E-state index contributed by atoms with van der Waals surface area (Å²) in [6.45, 7) is 3.27. The lowest BCUT2D eigenvalue weighted by atomic mass is 9.93. The molecule has 1 N–H and O–H groups in total. The minimum Gasteiger partial charge on any atom is -0.326 e. The summed E-state index contributed by atoms with van der Waals surface area (Å²) < 4.78 is 1.79. The fraction of sp³-hybridized carbons (Fsp3) is 0.333. The summed E-state index contributed by atoms with van der Waals surface area (Å²) in [5.41, 5.74) is 3.16. The number of likely N-dealkylation sites (tertiary alicyclic amines) is 1. The molecule has 29 heavy (non-hydrogen) atoms. The molecule has 1 aliphatic heterocycles. The number of anilines is 1. The molecule has 0 bridgehead atoms. The Hall–Kier alpha value is -2.92. The predicted octanol–water partition coefficient (Wildman–Crippen LogP) is 4.16. The lowest BCUT2D eigenvalue weighted by molar-refractivity contribution is -0.117. The van der Waals surface area contributed by atoms with E-state index in [1.165, 1.54) is 5.56 Å². The highest BCUT2D eigenvalue weighted by Crippen LogP contribution is 2.22. The van der Waals surface area contributed by atoms with Crippen LogP contribution in [0.1, 0.15) is 24.8 Å². The highest BCUT2D eigenvalue weighted by molar-refractivity contribution is 5.91. The number of amides is 1. The van der Waals surface area contributed by atoms with E-state index in [2.05, 4.69) is 45.6 Å². The van der Waals surface area contributed by atoms with Crippen molar-refractivity contribution < 1.29 is 4.79 Å². The molecule has 150 valence electrons. The molecule has 4 rings (SSSR count). The van der Waals surface area contributed by atoms with Crippen molar-refractivity contribution in [2.24, 2.45) is 5.92 Å². The molecule has 0 aliphatic carbocycles. The second-order valence-electron chi connectivity index (χ2n) is 7.77. The van der Waals surface area contributed by atoms with Crippen LogP contribution in [0.3, 0.4) is 0 Å². The first-order chi connectivity index (χ1) is 14.3. The third-order valence-corrected chi connectivity index (χ3v) is 5.64. The minimum atomic E-state index is 0.102. The van der Waals surface area contributed by atoms with E-state index in [0.717, 1.165) is 50.3 Å². The largest absolute Gasteiger partial charge is 0.326 e. The van der Waals surface area contributed by atoms with Crippen LogP contribution in [-0.4, -0.2) is 40.2 Å². The minimum absolute atomic E-state index is 0.102. The zero-order chi connectivity index (χ0) is 19.9. The lowest BCUT2D eigenvalue weighted by Crippen LogP contribution is -2.36. The van der Waals surface area contributed by atoms with E-state index in [9.17, 15) is 4.79 Å². The van der Waals surface area contributed by atoms with E-state index in [-0.39, 0.29) is 5.91 Å². The molecule has 0 saturated carbocycles. The van der Waals surface area contributed by atoms with Crippen molar-refractivity contribution in [1.29, 1.82) is 0 Å². The van der Waals surface area contributed by atoms with E-state index >= 15 is 0 Å². The van der Waals surface area contributed by atoms with Crippen molar-refractivity contribution in [3.63, 3.8) is 0 Å². The standard InChI is InChI=1S/C24H28N4O/c29-24(26-22-8-4-9-23(19-22)28-14-5-13-25-28)18-21-11-16-27(17-12-21)15-10-20-6-2-1-3-7-20/h1-9,13-14,19,21H,10-12,15-18H2,(H,26,29). The van der Waals surface area contributed by atoms with Gasteiger partial charge < -0.3 is 10.2 Å². The molecule has 0 spiro atoms. The van der Waals surface area contributed by atoms with E-state index in [1.807, 2.05) is 36.5 Å². The Kier molecular flexibility index (Phi) is 6.37. The summed E-state index contributed by atoms with van der Waals surface area (Å²) in [6, 6.07) is 20.3. The molecular weight excluding hydrogens is 360 g/mol. The molecule has 1 amide bonds. The summed E-state index contributed by atoms with van der Waals surface area (Å²) in [6.07, 6.45) is 7.52. The zero-order valence-corrected chi connectivity index (χ0v) is 16.7. The molecule has 5 heteroatoms. The highest BCUT2D eigenvalue weighted by Gasteiger charge is 2.21. The van der Waals surface area contributed by atoms with Crippen LogP contribution >= 0.6 is 0 Å². The Morgan fingerprint density at radius 1 is 1.03 bits per heavy atom. The molecule has 0 radical (unpaired) electrons. The SMILES string of the molecule is O=C(CC1CCN(CCc2ccccc2)CC1)Nc1cccc(-n2cccn2)c1. The monoisotopic (exact) mass is 388 g/mol. The molecule has 2 aromatic carbocycles. The Bertz CT molecular complexity index is 900. The first-order valence-electron chi connectivity index (χ1n) is 10.4. The molecule has 1 fully saturated rings. The van der Waals surface area contributed by atoms with Gasteiger partial charge in [-0.2, -0.15) is 5.10 Å². The lowest BCUT2D eigenvalue weighted by Gasteiger charge is -2.31. The van der Waals surface area contributed by atoms with Crippen LogP contribution in [0.15, 0.2) is 73.1 Å². The Balaban J connectivity index is 1.21. The summed E-state index contributed by atoms with van der Waals surface area (Å²) >= 11 is 0. The predicted molar refractivity (Wildman–Crippen MR) is 116 cm³/mol. The maximum Gasteiger partial charge on any atom is 0.224 e. The fourth-order valence-corrected chi connectivity index (χ4v) is 3.97. The molecule has 0 atom stereocenters. The third-order valence-electron chi connectivity index (χ3n) is 5.64. The van der Waals surface area contributed by atoms with Crippen LogP contribution in [0.2, 0.25) is 0 Å². The van der Waals surface area contributed by atoms with E-state index in [1.54, 1.807) is 10.9 Å². The van der Waals surface area contributed by atoms with Crippen molar-refractivity contribution in [1.82, 2.24) is 14.7 Å². The van der Waals surface area contributed by atoms with Gasteiger partial charge in [0.25, 0.3) is 0 Å². The van der Waals surface area contributed by atoms with Crippen LogP contribution in [0.25, 0.3) is 5.69 Å². The molecule has 3 aromatic rings. The van der Waals surface area contributed by atoms with Crippen LogP contribution in [0, 0.1) is 5.92 Å². The number of carbonyl (C=O) groups excluding carboxylic acids is 1. The van der Waals surface area contributed by atoms with Gasteiger partial charge in [-0.1, -0.05) is 36.4 Å². The average molecular weight is 389 g/mol. The summed E-state index contributed by atoms with van der Waals surface area (Å²) in [5.74, 6) is 0.572. The summed E-state index contributed by atoms with van der Waals surface area (Å²) in [7, 11) is 0. The molecule has 5 nitrogen and oxygen atoms in total. The van der Waals surface area contributed by atoms with Gasteiger partial charge in [0.2, 0.25) is 5.91 Å². The van der Waals surface area contributed by atoms with Crippen LogP contribution < -0.4 is 5.32 Å². The highest BCUT2D eigenvalue weighted by atomic mass is 16.1. The van der Waals surface area contributed by atoms with Crippen molar-refractivity contribution in [2.75, 3.05) is 25.0 Å². The second-order valence-corrected chi connectivity index (χ2v) is 7.77. The smallest absolute Gasteiger partial charge is 0.224 e. The van der Waals surface area contributed by atoms with Gasteiger partial charge in [0, 0.05) is 31.0 Å². The number of carbonyl (C=O) groups is 1. The number of hydrogen-bond donors (Lipinski definition) is 1. The van der Waals surface area contributed by atoms with E-state index in [0.29, 0.717) is 12.3 Å². The van der Waals surface area contributed by atoms with Gasteiger partial charge in [-0.25, -0.2) is 4.68 Å². The topological polar surface area (TPSA) is 50.2 Å². The van der Waals surface area contributed by atoms with Crippen LogP contribution in [0.4, 0.5) is 5.69 Å². The van der Waals surface area contributed by atoms with Crippen LogP contribution in [0.5, 0.6) is 0 Å². The summed E-state index contributed by atoms with van der Waals surface area (Å²) in [5, 5.41) is 7.30. The van der Waals surface area contributed by atoms with Crippen molar-refractivity contribution in [3.8, 4) is 5.69 Å². The Morgan fingerprint density at radius 3 is 2.62 bits per heavy atom. The number of aromatic nitrogens is 2. The first kappa shape index (κ1) is 19.4. The van der Waals surface area contributed by atoms with E-state index < -0.39 is 0 Å². The van der Waals surface area contributed by atoms with Gasteiger partial charge in [-0.15, -0.1) is 0 Å². The van der Waals surface area contributed by atoms with Crippen LogP contribution in [-0.2, 0) is 11.2 Å². The van der Waals surface area contributed by atoms with Crippen molar-refractivity contribution in [2.45, 2.75) is 25.7 Å². The second kappa shape index (κ2) is 9.52. The maximum absolute atomic E-state index is 12.5. The molecule has 1 saturated heterocycles. The maximum atomic E-state index is 12.5. The quantitative estimate of drug-likeness (QED) is 0.661. The molecule has 1 aromatic heterocycles. The Labute approximate surface area is 172 Å². The van der Waals surface area contributed by atoms with Gasteiger partial charge in [-0.05, 0) is 68.1 Å². The van der Waals surface area contributed by atoms with Crippen molar-refractivity contribution in [3.05, 3.63) is 78.6 Å². The normalized spacial score (nSPS) is 15.3. The molecule has 2 heterocycles. The fourth-order valence-electron chi connectivity index (χ4n) is 3.97. The summed E-state index contributed by atoms with van der Waals surface area (Å²) in [4.78, 5) is 15.0. The first-order valence-corrected chi connectivity index (χ1v) is 10.4. The number of piperidine rings is 1. The number of nitrogens with one attached hydrogen (secondary N) is 1. The Morgan fingerprint density at radius 2 is 1.86 bits per heavy atom. The van der Waals surface area contributed by atoms with Gasteiger partial charge in [0.15, 0.2) is 0 Å². The average Bonchev–Trinajstić information content (AvgIpc) is 3.29. The third kappa shape index (κ3) is 5.55. The van der Waals surface area contributed by atoms with Gasteiger partial charge in [-0.3, -0.25) is 4.79 Å². The number of nitrogens with zero attached hydrogens (tertiary/aromatic N) is 3. The number of benzene rings is 2. The number of hydrogen-bond acceptors (Lipinski definition) is 3. The zero-order valence-electron chi connectivity index (χ0n) is 16.7. The van der Waals surface area contributed by atoms with Gasteiger partial charge >= 0.3 is 0 Å².